The third kappa shape index (κ3) is 4.68. The van der Waals surface area contributed by atoms with Crippen LogP contribution in [0.5, 0.6) is 0 Å². The zero-order valence-electron chi connectivity index (χ0n) is 15.8. The molecule has 2 unspecified atom stereocenters. The number of hydrogen-bond acceptors (Lipinski definition) is 5. The van der Waals surface area contributed by atoms with Crippen LogP contribution in [0.15, 0.2) is 29.2 Å². The van der Waals surface area contributed by atoms with E-state index in [-0.39, 0.29) is 16.7 Å². The third-order valence-electron chi connectivity index (χ3n) is 5.57. The van der Waals surface area contributed by atoms with Crippen LogP contribution in [0.1, 0.15) is 38.2 Å². The first-order valence-corrected chi connectivity index (χ1v) is 11.0. The molecule has 1 saturated heterocycles. The standard InChI is InChI=1S/C19H29N3O4S/c1-19(20)9-3-2-4-17(19)18(23)21-14-15-5-7-16(8-6-15)27(24,25)22-10-12-26-13-11-22/h5-8,17H,2-4,9-14,20H2,1H3,(H,21,23). The van der Waals surface area contributed by atoms with E-state index >= 15 is 0 Å². The van der Waals surface area contributed by atoms with Crippen LogP contribution < -0.4 is 11.1 Å². The van der Waals surface area contributed by atoms with Crippen LogP contribution in [-0.2, 0) is 26.1 Å². The Morgan fingerprint density at radius 3 is 2.56 bits per heavy atom. The van der Waals surface area contributed by atoms with Gasteiger partial charge in [-0.2, -0.15) is 4.31 Å². The molecule has 1 aromatic carbocycles. The fraction of sp³-hybridized carbons (Fsp3) is 0.632. The number of carbonyl (C=O) groups excluding carboxylic acids is 1. The molecule has 150 valence electrons. The van der Waals surface area contributed by atoms with Crippen LogP contribution in [0.25, 0.3) is 0 Å². The van der Waals surface area contributed by atoms with Gasteiger partial charge in [0.25, 0.3) is 0 Å². The first-order chi connectivity index (χ1) is 12.8. The normalized spacial score (nSPS) is 27.3. The first-order valence-electron chi connectivity index (χ1n) is 9.54. The van der Waals surface area contributed by atoms with Gasteiger partial charge in [-0.05, 0) is 37.5 Å². The lowest BCUT2D eigenvalue weighted by Gasteiger charge is -2.37. The summed E-state index contributed by atoms with van der Waals surface area (Å²) in [6.07, 6.45) is 3.77. The highest BCUT2D eigenvalue weighted by Crippen LogP contribution is 2.31. The molecule has 0 spiro atoms. The molecule has 0 radical (unpaired) electrons. The largest absolute Gasteiger partial charge is 0.379 e. The van der Waals surface area contributed by atoms with Crippen molar-refractivity contribution in [3.63, 3.8) is 0 Å². The predicted octanol–water partition coefficient (Wildman–Crippen LogP) is 1.23. The van der Waals surface area contributed by atoms with Gasteiger partial charge in [0.2, 0.25) is 15.9 Å². The van der Waals surface area contributed by atoms with E-state index in [1.807, 2.05) is 6.92 Å². The van der Waals surface area contributed by atoms with Crippen molar-refractivity contribution < 1.29 is 17.9 Å². The summed E-state index contributed by atoms with van der Waals surface area (Å²) in [5.74, 6) is -0.197. The van der Waals surface area contributed by atoms with Crippen molar-refractivity contribution in [1.82, 2.24) is 9.62 Å². The maximum atomic E-state index is 12.6. The molecule has 1 aromatic rings. The van der Waals surface area contributed by atoms with Gasteiger partial charge in [-0.25, -0.2) is 8.42 Å². The van der Waals surface area contributed by atoms with E-state index in [1.165, 1.54) is 4.31 Å². The summed E-state index contributed by atoms with van der Waals surface area (Å²) in [5, 5.41) is 2.95. The number of nitrogens with two attached hydrogens (primary N) is 1. The lowest BCUT2D eigenvalue weighted by Crippen LogP contribution is -2.52. The Morgan fingerprint density at radius 1 is 1.26 bits per heavy atom. The Labute approximate surface area is 161 Å². The highest BCUT2D eigenvalue weighted by Gasteiger charge is 2.37. The summed E-state index contributed by atoms with van der Waals surface area (Å²) in [4.78, 5) is 12.8. The smallest absolute Gasteiger partial charge is 0.243 e. The maximum absolute atomic E-state index is 12.6. The Kier molecular flexibility index (Phi) is 6.20. The minimum atomic E-state index is -3.49. The molecule has 27 heavy (non-hydrogen) atoms. The van der Waals surface area contributed by atoms with Crippen molar-refractivity contribution >= 4 is 15.9 Å². The fourth-order valence-electron chi connectivity index (χ4n) is 3.82. The second-order valence-corrected chi connectivity index (χ2v) is 9.62. The van der Waals surface area contributed by atoms with Crippen molar-refractivity contribution in [3.05, 3.63) is 29.8 Å². The number of sulfonamides is 1. The monoisotopic (exact) mass is 395 g/mol. The van der Waals surface area contributed by atoms with Crippen LogP contribution in [-0.4, -0.2) is 50.5 Å². The highest BCUT2D eigenvalue weighted by atomic mass is 32.2. The predicted molar refractivity (Wildman–Crippen MR) is 102 cm³/mol. The van der Waals surface area contributed by atoms with Crippen LogP contribution in [0.4, 0.5) is 0 Å². The summed E-state index contributed by atoms with van der Waals surface area (Å²) in [6, 6.07) is 6.69. The Balaban J connectivity index is 1.60. The molecule has 2 fully saturated rings. The van der Waals surface area contributed by atoms with Gasteiger partial charge in [0.05, 0.1) is 24.0 Å². The molecule has 8 heteroatoms. The van der Waals surface area contributed by atoms with E-state index in [1.54, 1.807) is 24.3 Å². The van der Waals surface area contributed by atoms with Crippen molar-refractivity contribution in [2.45, 2.75) is 49.6 Å². The topological polar surface area (TPSA) is 102 Å². The van der Waals surface area contributed by atoms with Gasteiger partial charge < -0.3 is 15.8 Å². The fourth-order valence-corrected chi connectivity index (χ4v) is 5.22. The van der Waals surface area contributed by atoms with Crippen LogP contribution in [0, 0.1) is 5.92 Å². The summed E-state index contributed by atoms with van der Waals surface area (Å²) in [5.41, 5.74) is 6.69. The molecule has 1 aliphatic heterocycles. The van der Waals surface area contributed by atoms with E-state index in [2.05, 4.69) is 5.32 Å². The average Bonchev–Trinajstić information content (AvgIpc) is 2.67. The summed E-state index contributed by atoms with van der Waals surface area (Å²) < 4.78 is 31.9. The molecule has 0 bridgehead atoms. The molecule has 1 amide bonds. The number of nitrogens with zero attached hydrogens (tertiary/aromatic N) is 1. The molecule has 1 heterocycles. The first kappa shape index (κ1) is 20.3. The zero-order chi connectivity index (χ0) is 19.5. The molecule has 7 nitrogen and oxygen atoms in total. The van der Waals surface area contributed by atoms with Gasteiger partial charge >= 0.3 is 0 Å². The number of hydrogen-bond donors (Lipinski definition) is 2. The van der Waals surface area contributed by atoms with Crippen molar-refractivity contribution in [1.29, 1.82) is 0 Å². The van der Waals surface area contributed by atoms with Gasteiger partial charge in [-0.1, -0.05) is 25.0 Å². The van der Waals surface area contributed by atoms with Crippen molar-refractivity contribution in [3.8, 4) is 0 Å². The molecule has 2 atom stereocenters. The Bertz CT molecular complexity index is 756. The summed E-state index contributed by atoms with van der Waals surface area (Å²) in [6.45, 7) is 3.90. The van der Waals surface area contributed by atoms with Crippen molar-refractivity contribution in [2.75, 3.05) is 26.3 Å². The van der Waals surface area contributed by atoms with Gasteiger partial charge in [-0.3, -0.25) is 4.79 Å². The molecule has 3 rings (SSSR count). The van der Waals surface area contributed by atoms with Crippen molar-refractivity contribution in [2.24, 2.45) is 11.7 Å². The van der Waals surface area contributed by atoms with E-state index in [9.17, 15) is 13.2 Å². The maximum Gasteiger partial charge on any atom is 0.243 e. The number of amides is 1. The molecule has 1 aliphatic carbocycles. The summed E-state index contributed by atoms with van der Waals surface area (Å²) >= 11 is 0. The zero-order valence-corrected chi connectivity index (χ0v) is 16.6. The minimum absolute atomic E-state index is 0.0234. The number of morpholine rings is 1. The SMILES string of the molecule is CC1(N)CCCCC1C(=O)NCc1ccc(S(=O)(=O)N2CCOCC2)cc1. The lowest BCUT2D eigenvalue weighted by molar-refractivity contribution is -0.128. The van der Waals surface area contributed by atoms with E-state index < -0.39 is 15.6 Å². The Morgan fingerprint density at radius 2 is 1.93 bits per heavy atom. The summed E-state index contributed by atoms with van der Waals surface area (Å²) in [7, 11) is -3.49. The van der Waals surface area contributed by atoms with E-state index in [4.69, 9.17) is 10.5 Å². The average molecular weight is 396 g/mol. The quantitative estimate of drug-likeness (QED) is 0.781. The minimum Gasteiger partial charge on any atom is -0.379 e. The van der Waals surface area contributed by atoms with Crippen LogP contribution in [0.3, 0.4) is 0 Å². The second kappa shape index (κ2) is 8.26. The van der Waals surface area contributed by atoms with Crippen LogP contribution >= 0.6 is 0 Å². The van der Waals surface area contributed by atoms with E-state index in [0.717, 1.165) is 31.2 Å². The second-order valence-electron chi connectivity index (χ2n) is 7.68. The van der Waals surface area contributed by atoms with Gasteiger partial charge in [0.15, 0.2) is 0 Å². The molecule has 1 saturated carbocycles. The lowest BCUT2D eigenvalue weighted by atomic mass is 9.74. The number of rotatable bonds is 5. The molecule has 0 aromatic heterocycles. The van der Waals surface area contributed by atoms with E-state index in [0.29, 0.717) is 32.8 Å². The Hall–Kier alpha value is -1.48. The molecular formula is C19H29N3O4S. The molecule has 3 N–H and O–H groups in total. The molecular weight excluding hydrogens is 366 g/mol. The van der Waals surface area contributed by atoms with Crippen LogP contribution in [0.2, 0.25) is 0 Å². The number of nitrogens with one attached hydrogen (secondary N) is 1. The molecule has 2 aliphatic rings. The van der Waals surface area contributed by atoms with Gasteiger partial charge in [0, 0.05) is 25.2 Å². The number of carbonyl (C=O) groups is 1. The third-order valence-corrected chi connectivity index (χ3v) is 7.48. The van der Waals surface area contributed by atoms with Gasteiger partial charge in [-0.15, -0.1) is 0 Å². The highest BCUT2D eigenvalue weighted by molar-refractivity contribution is 7.89. The number of ether oxygens (including phenoxy) is 1. The van der Waals surface area contributed by atoms with Gasteiger partial charge in [0.1, 0.15) is 0 Å². The number of benzene rings is 1.